The van der Waals surface area contributed by atoms with E-state index in [9.17, 15) is 9.59 Å². The van der Waals surface area contributed by atoms with Gasteiger partial charge in [0.25, 0.3) is 0 Å². The van der Waals surface area contributed by atoms with Gasteiger partial charge in [-0.05, 0) is 25.1 Å². The zero-order chi connectivity index (χ0) is 22.0. The quantitative estimate of drug-likeness (QED) is 0.421. The Kier molecular flexibility index (Phi) is 5.58. The average Bonchev–Trinajstić information content (AvgIpc) is 3.36. The lowest BCUT2D eigenvalue weighted by Crippen LogP contribution is -2.28. The van der Waals surface area contributed by atoms with Crippen LogP contribution >= 0.6 is 11.3 Å². The molecule has 0 bridgehead atoms. The Morgan fingerprint density at radius 1 is 1.29 bits per heavy atom. The summed E-state index contributed by atoms with van der Waals surface area (Å²) >= 11 is 1.14. The largest absolute Gasteiger partial charge is 0.480 e. The molecule has 3 heterocycles. The van der Waals surface area contributed by atoms with Crippen LogP contribution in [0.15, 0.2) is 42.9 Å². The Morgan fingerprint density at radius 3 is 2.84 bits per heavy atom. The second kappa shape index (κ2) is 8.48. The Hall–Kier alpha value is -3.86. The summed E-state index contributed by atoms with van der Waals surface area (Å²) in [4.78, 5) is 31.5. The van der Waals surface area contributed by atoms with Crippen molar-refractivity contribution in [3.8, 4) is 22.4 Å². The topological polar surface area (TPSA) is 122 Å². The number of aliphatic carboxylic acids is 1. The Morgan fingerprint density at radius 2 is 2.13 bits per heavy atom. The standard InChI is InChI=1S/C20H17FN6O3S/c1-2-22-19(30)26-20-25-17-16(21)12(11-8-24-27(9-11)10-15(28)29)7-13(18(17)31-20)14-5-3-4-6-23-14/h3-9H,2,10H2,1H3,(H,28,29)(H2,22,25,26,30). The predicted octanol–water partition coefficient (Wildman–Crippen LogP) is 3.59. The summed E-state index contributed by atoms with van der Waals surface area (Å²) in [6.45, 7) is 1.89. The smallest absolute Gasteiger partial charge is 0.325 e. The van der Waals surface area contributed by atoms with E-state index in [0.717, 1.165) is 11.3 Å². The minimum atomic E-state index is -1.06. The van der Waals surface area contributed by atoms with Crippen LogP contribution in [0, 0.1) is 5.82 Å². The summed E-state index contributed by atoms with van der Waals surface area (Å²) in [7, 11) is 0. The maximum Gasteiger partial charge on any atom is 0.325 e. The van der Waals surface area contributed by atoms with Gasteiger partial charge in [0.1, 0.15) is 12.1 Å². The number of fused-ring (bicyclic) bond motifs is 1. The van der Waals surface area contributed by atoms with Crippen molar-refractivity contribution in [3.05, 3.63) is 48.7 Å². The molecule has 158 valence electrons. The number of nitrogens with zero attached hydrogens (tertiary/aromatic N) is 4. The first kappa shape index (κ1) is 20.4. The van der Waals surface area contributed by atoms with Gasteiger partial charge in [0.2, 0.25) is 0 Å². The van der Waals surface area contributed by atoms with E-state index in [1.807, 2.05) is 6.07 Å². The van der Waals surface area contributed by atoms with Crippen LogP contribution in [-0.4, -0.2) is 43.4 Å². The number of benzene rings is 1. The number of rotatable bonds is 6. The number of urea groups is 1. The number of carboxylic acid groups (broad SMARTS) is 1. The third-order valence-electron chi connectivity index (χ3n) is 4.34. The van der Waals surface area contributed by atoms with E-state index in [-0.39, 0.29) is 22.8 Å². The molecular formula is C20H17FN6O3S. The van der Waals surface area contributed by atoms with E-state index in [1.165, 1.54) is 17.1 Å². The van der Waals surface area contributed by atoms with E-state index in [0.29, 0.717) is 28.1 Å². The minimum absolute atomic E-state index is 0.0842. The SMILES string of the molecule is CCNC(=O)Nc1nc2c(F)c(-c3cnn(CC(=O)O)c3)cc(-c3ccccn3)c2s1. The molecule has 0 atom stereocenters. The third kappa shape index (κ3) is 4.21. The molecule has 4 rings (SSSR count). The van der Waals surface area contributed by atoms with E-state index in [1.54, 1.807) is 31.3 Å². The van der Waals surface area contributed by atoms with Crippen molar-refractivity contribution in [1.82, 2.24) is 25.1 Å². The molecule has 0 spiro atoms. The molecule has 1 aromatic carbocycles. The van der Waals surface area contributed by atoms with Crippen molar-refractivity contribution in [1.29, 1.82) is 0 Å². The molecule has 9 nitrogen and oxygen atoms in total. The summed E-state index contributed by atoms with van der Waals surface area (Å²) in [5, 5.41) is 18.4. The van der Waals surface area contributed by atoms with Gasteiger partial charge in [-0.2, -0.15) is 5.10 Å². The van der Waals surface area contributed by atoms with E-state index in [4.69, 9.17) is 5.11 Å². The maximum absolute atomic E-state index is 15.5. The number of hydrogen-bond acceptors (Lipinski definition) is 6. The summed E-state index contributed by atoms with van der Waals surface area (Å²) < 4.78 is 17.2. The number of carboxylic acids is 1. The second-order valence-electron chi connectivity index (χ2n) is 6.50. The molecule has 0 saturated heterocycles. The molecule has 0 aliphatic rings. The highest BCUT2D eigenvalue weighted by Gasteiger charge is 2.21. The number of halogens is 1. The summed E-state index contributed by atoms with van der Waals surface area (Å²) in [5.41, 5.74) is 1.95. The van der Waals surface area contributed by atoms with Gasteiger partial charge in [0.05, 0.1) is 16.6 Å². The highest BCUT2D eigenvalue weighted by molar-refractivity contribution is 7.22. The fourth-order valence-corrected chi connectivity index (χ4v) is 4.04. The van der Waals surface area contributed by atoms with Crippen LogP contribution in [0.4, 0.5) is 14.3 Å². The normalized spacial score (nSPS) is 10.9. The van der Waals surface area contributed by atoms with Gasteiger partial charge < -0.3 is 10.4 Å². The number of thiazole rings is 1. The molecule has 0 aliphatic heterocycles. The van der Waals surface area contributed by atoms with Crippen LogP contribution < -0.4 is 10.6 Å². The zero-order valence-corrected chi connectivity index (χ0v) is 17.1. The Balaban J connectivity index is 1.87. The van der Waals surface area contributed by atoms with Gasteiger partial charge in [-0.1, -0.05) is 17.4 Å². The van der Waals surface area contributed by atoms with Gasteiger partial charge in [-0.15, -0.1) is 0 Å². The number of nitrogens with one attached hydrogen (secondary N) is 2. The van der Waals surface area contributed by atoms with Crippen molar-refractivity contribution < 1.29 is 19.1 Å². The van der Waals surface area contributed by atoms with Crippen LogP contribution in [0.1, 0.15) is 6.92 Å². The number of anilines is 1. The highest BCUT2D eigenvalue weighted by Crippen LogP contribution is 2.40. The highest BCUT2D eigenvalue weighted by atomic mass is 32.1. The van der Waals surface area contributed by atoms with Gasteiger partial charge in [0, 0.05) is 35.6 Å². The Labute approximate surface area is 179 Å². The van der Waals surface area contributed by atoms with Crippen molar-refractivity contribution in [3.63, 3.8) is 0 Å². The van der Waals surface area contributed by atoms with E-state index >= 15 is 4.39 Å². The molecule has 3 N–H and O–H groups in total. The van der Waals surface area contributed by atoms with Crippen molar-refractivity contribution in [2.45, 2.75) is 13.5 Å². The first-order valence-electron chi connectivity index (χ1n) is 9.30. The van der Waals surface area contributed by atoms with E-state index < -0.39 is 17.8 Å². The fourth-order valence-electron chi connectivity index (χ4n) is 3.06. The lowest BCUT2D eigenvalue weighted by molar-refractivity contribution is -0.137. The van der Waals surface area contributed by atoms with Crippen LogP contribution in [0.2, 0.25) is 0 Å². The number of hydrogen-bond donors (Lipinski definition) is 3. The summed E-state index contributed by atoms with van der Waals surface area (Å²) in [6.07, 6.45) is 4.49. The average molecular weight is 440 g/mol. The lowest BCUT2D eigenvalue weighted by atomic mass is 10.0. The van der Waals surface area contributed by atoms with Crippen molar-refractivity contribution in [2.75, 3.05) is 11.9 Å². The third-order valence-corrected chi connectivity index (χ3v) is 5.35. The van der Waals surface area contributed by atoms with Gasteiger partial charge in [-0.3, -0.25) is 19.8 Å². The molecule has 0 fully saturated rings. The van der Waals surface area contributed by atoms with Gasteiger partial charge in [0.15, 0.2) is 10.9 Å². The van der Waals surface area contributed by atoms with Gasteiger partial charge >= 0.3 is 12.0 Å². The first-order valence-corrected chi connectivity index (χ1v) is 10.1. The number of pyridine rings is 1. The summed E-state index contributed by atoms with van der Waals surface area (Å²) in [6, 6.07) is 6.58. The predicted molar refractivity (Wildman–Crippen MR) is 114 cm³/mol. The molecule has 2 amide bonds. The maximum atomic E-state index is 15.5. The monoisotopic (exact) mass is 440 g/mol. The van der Waals surface area contributed by atoms with E-state index in [2.05, 4.69) is 25.7 Å². The van der Waals surface area contributed by atoms with Crippen LogP contribution in [0.25, 0.3) is 32.6 Å². The number of amides is 2. The molecular weight excluding hydrogens is 423 g/mol. The molecule has 0 saturated carbocycles. The van der Waals surface area contributed by atoms with Crippen LogP contribution in [0.3, 0.4) is 0 Å². The molecule has 0 aliphatic carbocycles. The lowest BCUT2D eigenvalue weighted by Gasteiger charge is -2.07. The van der Waals surface area contributed by atoms with Crippen LogP contribution in [-0.2, 0) is 11.3 Å². The van der Waals surface area contributed by atoms with Gasteiger partial charge in [-0.25, -0.2) is 14.2 Å². The molecule has 4 aromatic rings. The van der Waals surface area contributed by atoms with Crippen LogP contribution in [0.5, 0.6) is 0 Å². The molecule has 3 aromatic heterocycles. The Bertz CT molecular complexity index is 1270. The molecule has 0 radical (unpaired) electrons. The molecule has 11 heteroatoms. The first-order chi connectivity index (χ1) is 15.0. The van der Waals surface area contributed by atoms with Crippen molar-refractivity contribution in [2.24, 2.45) is 0 Å². The van der Waals surface area contributed by atoms with Crippen molar-refractivity contribution >= 4 is 38.7 Å². The molecule has 31 heavy (non-hydrogen) atoms. The zero-order valence-electron chi connectivity index (χ0n) is 16.3. The number of aromatic nitrogens is 4. The molecule has 0 unspecified atom stereocenters. The number of carbonyl (C=O) groups excluding carboxylic acids is 1. The summed E-state index contributed by atoms with van der Waals surface area (Å²) in [5.74, 6) is -1.65. The minimum Gasteiger partial charge on any atom is -0.480 e. The fraction of sp³-hybridized carbons (Fsp3) is 0.150. The number of carbonyl (C=O) groups is 2. The second-order valence-corrected chi connectivity index (χ2v) is 7.50.